The SMILES string of the molecule is Clc1cccc(Nc2c(-c3ccco3)nc3ccc(Cl)cn23)c1. The van der Waals surface area contributed by atoms with Gasteiger partial charge in [0, 0.05) is 16.9 Å². The first-order valence-corrected chi connectivity index (χ1v) is 7.70. The van der Waals surface area contributed by atoms with Gasteiger partial charge < -0.3 is 9.73 Å². The van der Waals surface area contributed by atoms with Gasteiger partial charge in [-0.25, -0.2) is 4.98 Å². The fourth-order valence-corrected chi connectivity index (χ4v) is 2.78. The van der Waals surface area contributed by atoms with E-state index in [-0.39, 0.29) is 0 Å². The van der Waals surface area contributed by atoms with E-state index in [1.807, 2.05) is 53.1 Å². The predicted molar refractivity (Wildman–Crippen MR) is 92.6 cm³/mol. The van der Waals surface area contributed by atoms with E-state index >= 15 is 0 Å². The third-order valence-electron chi connectivity index (χ3n) is 3.42. The molecule has 23 heavy (non-hydrogen) atoms. The number of fused-ring (bicyclic) bond motifs is 1. The van der Waals surface area contributed by atoms with E-state index in [2.05, 4.69) is 10.3 Å². The molecule has 0 radical (unpaired) electrons. The quantitative estimate of drug-likeness (QED) is 0.523. The van der Waals surface area contributed by atoms with Crippen molar-refractivity contribution in [3.8, 4) is 11.5 Å². The van der Waals surface area contributed by atoms with Crippen LogP contribution in [0.2, 0.25) is 10.0 Å². The van der Waals surface area contributed by atoms with Crippen LogP contribution in [0.4, 0.5) is 11.5 Å². The number of benzene rings is 1. The smallest absolute Gasteiger partial charge is 0.156 e. The van der Waals surface area contributed by atoms with Crippen LogP contribution in [-0.2, 0) is 0 Å². The molecule has 114 valence electrons. The Bertz CT molecular complexity index is 977. The zero-order chi connectivity index (χ0) is 15.8. The normalized spacial score (nSPS) is 11.0. The molecule has 0 fully saturated rings. The van der Waals surface area contributed by atoms with Crippen LogP contribution in [0.3, 0.4) is 0 Å². The fraction of sp³-hybridized carbons (Fsp3) is 0. The summed E-state index contributed by atoms with van der Waals surface area (Å²) in [5.41, 5.74) is 2.33. The van der Waals surface area contributed by atoms with Crippen molar-refractivity contribution in [2.24, 2.45) is 0 Å². The van der Waals surface area contributed by atoms with Crippen molar-refractivity contribution in [2.75, 3.05) is 5.32 Å². The van der Waals surface area contributed by atoms with Gasteiger partial charge in [-0.2, -0.15) is 0 Å². The Morgan fingerprint density at radius 2 is 1.91 bits per heavy atom. The van der Waals surface area contributed by atoms with Crippen LogP contribution in [0.5, 0.6) is 0 Å². The third-order valence-corrected chi connectivity index (χ3v) is 3.88. The number of pyridine rings is 1. The molecule has 0 aliphatic rings. The number of imidazole rings is 1. The molecule has 4 nitrogen and oxygen atoms in total. The molecule has 0 saturated carbocycles. The van der Waals surface area contributed by atoms with Crippen LogP contribution in [0.25, 0.3) is 17.1 Å². The summed E-state index contributed by atoms with van der Waals surface area (Å²) in [4.78, 5) is 4.63. The Morgan fingerprint density at radius 1 is 1.00 bits per heavy atom. The van der Waals surface area contributed by atoms with E-state index in [1.165, 1.54) is 0 Å². The Morgan fingerprint density at radius 3 is 2.70 bits per heavy atom. The number of rotatable bonds is 3. The number of furan rings is 1. The lowest BCUT2D eigenvalue weighted by atomic mass is 10.3. The number of hydrogen-bond donors (Lipinski definition) is 1. The van der Waals surface area contributed by atoms with Gasteiger partial charge in [-0.1, -0.05) is 29.3 Å². The number of hydrogen-bond acceptors (Lipinski definition) is 3. The molecule has 0 bridgehead atoms. The van der Waals surface area contributed by atoms with E-state index in [4.69, 9.17) is 27.6 Å². The van der Waals surface area contributed by atoms with Crippen molar-refractivity contribution in [1.29, 1.82) is 0 Å². The zero-order valence-electron chi connectivity index (χ0n) is 11.8. The van der Waals surface area contributed by atoms with E-state index in [0.717, 1.165) is 17.2 Å². The molecule has 0 spiro atoms. The number of halogens is 2. The molecular formula is C17H11Cl2N3O. The van der Waals surface area contributed by atoms with E-state index in [1.54, 1.807) is 12.3 Å². The summed E-state index contributed by atoms with van der Waals surface area (Å²) in [6, 6.07) is 14.8. The third kappa shape index (κ3) is 2.67. The summed E-state index contributed by atoms with van der Waals surface area (Å²) in [7, 11) is 0. The lowest BCUT2D eigenvalue weighted by molar-refractivity contribution is 0.581. The molecule has 3 heterocycles. The first-order chi connectivity index (χ1) is 11.2. The highest BCUT2D eigenvalue weighted by Gasteiger charge is 2.16. The van der Waals surface area contributed by atoms with Crippen LogP contribution in [0.1, 0.15) is 0 Å². The highest BCUT2D eigenvalue weighted by Crippen LogP contribution is 2.32. The van der Waals surface area contributed by atoms with E-state index in [0.29, 0.717) is 21.5 Å². The van der Waals surface area contributed by atoms with Crippen LogP contribution in [-0.4, -0.2) is 9.38 Å². The highest BCUT2D eigenvalue weighted by atomic mass is 35.5. The summed E-state index contributed by atoms with van der Waals surface area (Å²) >= 11 is 12.2. The van der Waals surface area contributed by atoms with E-state index < -0.39 is 0 Å². The number of nitrogens with one attached hydrogen (secondary N) is 1. The second-order valence-corrected chi connectivity index (χ2v) is 5.87. The zero-order valence-corrected chi connectivity index (χ0v) is 13.3. The van der Waals surface area contributed by atoms with E-state index in [9.17, 15) is 0 Å². The molecule has 0 unspecified atom stereocenters. The number of nitrogens with zero attached hydrogens (tertiary/aromatic N) is 2. The minimum atomic E-state index is 0.620. The van der Waals surface area contributed by atoms with Gasteiger partial charge >= 0.3 is 0 Å². The molecule has 1 N–H and O–H groups in total. The maximum Gasteiger partial charge on any atom is 0.156 e. The maximum absolute atomic E-state index is 6.13. The largest absolute Gasteiger partial charge is 0.463 e. The topological polar surface area (TPSA) is 42.5 Å². The Kier molecular flexibility index (Phi) is 3.48. The summed E-state index contributed by atoms with van der Waals surface area (Å²) in [5, 5.41) is 4.62. The van der Waals surface area contributed by atoms with Crippen molar-refractivity contribution in [3.05, 3.63) is 71.0 Å². The highest BCUT2D eigenvalue weighted by molar-refractivity contribution is 6.31. The van der Waals surface area contributed by atoms with Crippen molar-refractivity contribution in [1.82, 2.24) is 9.38 Å². The molecular weight excluding hydrogens is 333 g/mol. The van der Waals surface area contributed by atoms with Gasteiger partial charge in [0.15, 0.2) is 5.76 Å². The van der Waals surface area contributed by atoms with Gasteiger partial charge in [0.1, 0.15) is 17.2 Å². The maximum atomic E-state index is 6.13. The van der Waals surface area contributed by atoms with Gasteiger partial charge in [-0.15, -0.1) is 0 Å². The molecule has 6 heteroatoms. The first kappa shape index (κ1) is 14.2. The first-order valence-electron chi connectivity index (χ1n) is 6.95. The number of anilines is 2. The minimum Gasteiger partial charge on any atom is -0.463 e. The molecule has 0 atom stereocenters. The van der Waals surface area contributed by atoms with Crippen LogP contribution in [0, 0.1) is 0 Å². The van der Waals surface area contributed by atoms with Gasteiger partial charge in [0.05, 0.1) is 11.3 Å². The average molecular weight is 344 g/mol. The molecule has 1 aromatic carbocycles. The van der Waals surface area contributed by atoms with Crippen molar-refractivity contribution in [2.45, 2.75) is 0 Å². The van der Waals surface area contributed by atoms with Crippen LogP contribution >= 0.6 is 23.2 Å². The lowest BCUT2D eigenvalue weighted by Gasteiger charge is -2.08. The molecule has 3 aromatic heterocycles. The predicted octanol–water partition coefficient (Wildman–Crippen LogP) is 5.64. The van der Waals surface area contributed by atoms with Gasteiger partial charge in [0.2, 0.25) is 0 Å². The Hall–Kier alpha value is -2.43. The average Bonchev–Trinajstić information content (AvgIpc) is 3.16. The van der Waals surface area contributed by atoms with Gasteiger partial charge in [-0.3, -0.25) is 4.40 Å². The monoisotopic (exact) mass is 343 g/mol. The Labute approximate surface area is 142 Å². The van der Waals surface area contributed by atoms with Gasteiger partial charge in [-0.05, 0) is 42.5 Å². The molecule has 0 amide bonds. The molecule has 4 aromatic rings. The van der Waals surface area contributed by atoms with Crippen LogP contribution < -0.4 is 5.32 Å². The molecule has 0 aliphatic heterocycles. The second kappa shape index (κ2) is 5.65. The summed E-state index contributed by atoms with van der Waals surface area (Å²) < 4.78 is 7.40. The summed E-state index contributed by atoms with van der Waals surface area (Å²) in [6.45, 7) is 0. The summed E-state index contributed by atoms with van der Waals surface area (Å²) in [6.07, 6.45) is 3.43. The molecule has 0 aliphatic carbocycles. The standard InChI is InChI=1S/C17H11Cl2N3O/c18-11-3-1-4-13(9-11)20-17-16(14-5-2-8-23-14)21-15-7-6-12(19)10-22(15)17/h1-10,20H. The minimum absolute atomic E-state index is 0.620. The van der Waals surface area contributed by atoms with Gasteiger partial charge in [0.25, 0.3) is 0 Å². The van der Waals surface area contributed by atoms with Crippen molar-refractivity contribution < 1.29 is 4.42 Å². The second-order valence-electron chi connectivity index (χ2n) is 5.00. The Balaban J connectivity index is 1.91. The molecule has 0 saturated heterocycles. The molecule has 4 rings (SSSR count). The lowest BCUT2D eigenvalue weighted by Crippen LogP contribution is -1.96. The number of aromatic nitrogens is 2. The van der Waals surface area contributed by atoms with Crippen molar-refractivity contribution in [3.63, 3.8) is 0 Å². The fourth-order valence-electron chi connectivity index (χ4n) is 2.43. The summed E-state index contributed by atoms with van der Waals surface area (Å²) in [5.74, 6) is 1.44. The van der Waals surface area contributed by atoms with Crippen molar-refractivity contribution >= 4 is 40.4 Å². The van der Waals surface area contributed by atoms with Crippen LogP contribution in [0.15, 0.2) is 65.4 Å².